The molecule has 0 saturated heterocycles. The van der Waals surface area contributed by atoms with Gasteiger partial charge in [0.1, 0.15) is 18.4 Å². The number of esters is 1. The second kappa shape index (κ2) is 12.5. The number of guanidine groups is 1. The van der Waals surface area contributed by atoms with Crippen LogP contribution in [-0.4, -0.2) is 35.5 Å². The predicted molar refractivity (Wildman–Crippen MR) is 128 cm³/mol. The molecule has 0 aliphatic rings. The van der Waals surface area contributed by atoms with Crippen LogP contribution in [0.3, 0.4) is 0 Å². The lowest BCUT2D eigenvalue weighted by molar-refractivity contribution is -0.149. The molecule has 0 unspecified atom stereocenters. The van der Waals surface area contributed by atoms with Crippen LogP contribution < -0.4 is 16.4 Å². The van der Waals surface area contributed by atoms with E-state index < -0.39 is 12.0 Å². The molecule has 2 aromatic rings. The fourth-order valence-corrected chi connectivity index (χ4v) is 3.60. The highest BCUT2D eigenvalue weighted by atomic mass is 16.5. The molecule has 2 atom stereocenters. The van der Waals surface area contributed by atoms with E-state index >= 15 is 0 Å². The third-order valence-electron chi connectivity index (χ3n) is 5.49. The standard InChI is InChI=1S/C25H34N4O4/c1-16(8-7-11-28-25(26)27)23(31)29-22(14-21-17(2)12-20(30)13-18(21)3)24(32)33-15-19-9-5-4-6-10-19/h4-6,9-10,12-13,16,22,30H,7-8,11,14-15H2,1-3H3,(H,29,31)(H4,26,27,28)/t16-,22+/m1/s1. The molecule has 0 radical (unpaired) electrons. The minimum Gasteiger partial charge on any atom is -0.508 e. The molecule has 0 heterocycles. The van der Waals surface area contributed by atoms with Crippen LogP contribution in [0.5, 0.6) is 5.75 Å². The van der Waals surface area contributed by atoms with Gasteiger partial charge in [-0.3, -0.25) is 10.2 Å². The fourth-order valence-electron chi connectivity index (χ4n) is 3.60. The number of phenolic OH excluding ortho intramolecular Hbond substituents is 1. The van der Waals surface area contributed by atoms with Gasteiger partial charge in [0.15, 0.2) is 5.96 Å². The summed E-state index contributed by atoms with van der Waals surface area (Å²) in [5.41, 5.74) is 8.69. The number of nitrogens with two attached hydrogens (primary N) is 1. The van der Waals surface area contributed by atoms with E-state index in [4.69, 9.17) is 15.9 Å². The number of carbonyl (C=O) groups excluding carboxylic acids is 2. The monoisotopic (exact) mass is 454 g/mol. The van der Waals surface area contributed by atoms with Crippen molar-refractivity contribution in [3.05, 3.63) is 64.7 Å². The molecule has 0 bridgehead atoms. The number of nitrogens with one attached hydrogen (secondary N) is 3. The molecule has 0 aliphatic heterocycles. The zero-order valence-corrected chi connectivity index (χ0v) is 19.5. The zero-order chi connectivity index (χ0) is 24.4. The summed E-state index contributed by atoms with van der Waals surface area (Å²) < 4.78 is 5.52. The Morgan fingerprint density at radius 2 is 1.79 bits per heavy atom. The van der Waals surface area contributed by atoms with Gasteiger partial charge in [-0.25, -0.2) is 4.79 Å². The molecular weight excluding hydrogens is 420 g/mol. The quantitative estimate of drug-likeness (QED) is 0.153. The first-order chi connectivity index (χ1) is 15.7. The predicted octanol–water partition coefficient (Wildman–Crippen LogP) is 2.68. The molecule has 8 heteroatoms. The van der Waals surface area contributed by atoms with Gasteiger partial charge in [-0.05, 0) is 61.1 Å². The molecule has 0 aromatic heterocycles. The van der Waals surface area contributed by atoms with Gasteiger partial charge in [0.05, 0.1) is 0 Å². The average Bonchev–Trinajstić information content (AvgIpc) is 2.76. The summed E-state index contributed by atoms with van der Waals surface area (Å²) in [5, 5.41) is 22.6. The molecular formula is C25H34N4O4. The highest BCUT2D eigenvalue weighted by Crippen LogP contribution is 2.22. The third-order valence-corrected chi connectivity index (χ3v) is 5.49. The van der Waals surface area contributed by atoms with Gasteiger partial charge in [0.25, 0.3) is 0 Å². The van der Waals surface area contributed by atoms with Crippen LogP contribution in [0.4, 0.5) is 0 Å². The number of aromatic hydroxyl groups is 1. The topological polar surface area (TPSA) is 138 Å². The van der Waals surface area contributed by atoms with E-state index in [-0.39, 0.29) is 36.6 Å². The Bertz CT molecular complexity index is 939. The normalized spacial score (nSPS) is 12.5. The molecule has 0 aliphatic carbocycles. The van der Waals surface area contributed by atoms with Gasteiger partial charge < -0.3 is 26.2 Å². The molecule has 33 heavy (non-hydrogen) atoms. The fraction of sp³-hybridized carbons (Fsp3) is 0.400. The number of amides is 1. The average molecular weight is 455 g/mol. The number of hydrogen-bond acceptors (Lipinski definition) is 5. The lowest BCUT2D eigenvalue weighted by Gasteiger charge is -2.22. The summed E-state index contributed by atoms with van der Waals surface area (Å²) in [6.07, 6.45) is 1.50. The number of ether oxygens (including phenoxy) is 1. The number of phenols is 1. The number of benzene rings is 2. The molecule has 0 saturated carbocycles. The molecule has 2 rings (SSSR count). The van der Waals surface area contributed by atoms with Gasteiger partial charge in [-0.2, -0.15) is 0 Å². The molecule has 8 nitrogen and oxygen atoms in total. The summed E-state index contributed by atoms with van der Waals surface area (Å²) >= 11 is 0. The first-order valence-corrected chi connectivity index (χ1v) is 11.0. The van der Waals surface area contributed by atoms with Crippen LogP contribution in [0.15, 0.2) is 42.5 Å². The Kier molecular flexibility index (Phi) is 9.72. The Labute approximate surface area is 195 Å². The Morgan fingerprint density at radius 1 is 1.15 bits per heavy atom. The second-order valence-corrected chi connectivity index (χ2v) is 8.30. The number of carbonyl (C=O) groups is 2. The van der Waals surface area contributed by atoms with Crippen LogP contribution in [-0.2, 0) is 27.4 Å². The maximum absolute atomic E-state index is 13.0. The number of hydrogen-bond donors (Lipinski definition) is 5. The maximum atomic E-state index is 13.0. The second-order valence-electron chi connectivity index (χ2n) is 8.30. The van der Waals surface area contributed by atoms with Crippen molar-refractivity contribution in [1.82, 2.24) is 10.6 Å². The van der Waals surface area contributed by atoms with Crippen LogP contribution in [0, 0.1) is 25.2 Å². The maximum Gasteiger partial charge on any atom is 0.329 e. The van der Waals surface area contributed by atoms with E-state index in [2.05, 4.69) is 10.6 Å². The molecule has 0 spiro atoms. The highest BCUT2D eigenvalue weighted by Gasteiger charge is 2.26. The number of aryl methyl sites for hydroxylation is 2. The van der Waals surface area contributed by atoms with Crippen molar-refractivity contribution >= 4 is 17.8 Å². The van der Waals surface area contributed by atoms with E-state index in [1.54, 1.807) is 19.1 Å². The Morgan fingerprint density at radius 3 is 2.39 bits per heavy atom. The van der Waals surface area contributed by atoms with Crippen molar-refractivity contribution < 1.29 is 19.4 Å². The smallest absolute Gasteiger partial charge is 0.329 e. The number of rotatable bonds is 11. The van der Waals surface area contributed by atoms with Gasteiger partial charge >= 0.3 is 5.97 Å². The molecule has 178 valence electrons. The molecule has 2 aromatic carbocycles. The summed E-state index contributed by atoms with van der Waals surface area (Å²) in [5.74, 6) is -1.02. The lowest BCUT2D eigenvalue weighted by Crippen LogP contribution is -2.45. The van der Waals surface area contributed by atoms with E-state index in [9.17, 15) is 14.7 Å². The van der Waals surface area contributed by atoms with Crippen molar-refractivity contribution in [3.63, 3.8) is 0 Å². The summed E-state index contributed by atoms with van der Waals surface area (Å²) in [7, 11) is 0. The molecule has 0 fully saturated rings. The van der Waals surface area contributed by atoms with E-state index in [1.165, 1.54) is 0 Å². The van der Waals surface area contributed by atoms with Crippen LogP contribution in [0.25, 0.3) is 0 Å². The Hall–Kier alpha value is -3.55. The van der Waals surface area contributed by atoms with Crippen molar-refractivity contribution in [1.29, 1.82) is 5.41 Å². The van der Waals surface area contributed by atoms with Crippen LogP contribution in [0.1, 0.15) is 42.0 Å². The first kappa shape index (κ1) is 25.7. The van der Waals surface area contributed by atoms with Crippen molar-refractivity contribution in [2.24, 2.45) is 11.7 Å². The molecule has 1 amide bonds. The third kappa shape index (κ3) is 8.48. The summed E-state index contributed by atoms with van der Waals surface area (Å²) in [6, 6.07) is 11.8. The van der Waals surface area contributed by atoms with Crippen LogP contribution in [0.2, 0.25) is 0 Å². The highest BCUT2D eigenvalue weighted by molar-refractivity contribution is 5.86. The van der Waals surface area contributed by atoms with Gasteiger partial charge in [0.2, 0.25) is 5.91 Å². The van der Waals surface area contributed by atoms with E-state index in [0.29, 0.717) is 19.4 Å². The van der Waals surface area contributed by atoms with Crippen molar-refractivity contribution in [2.45, 2.75) is 52.7 Å². The largest absolute Gasteiger partial charge is 0.508 e. The zero-order valence-electron chi connectivity index (χ0n) is 19.5. The van der Waals surface area contributed by atoms with Gasteiger partial charge in [-0.15, -0.1) is 0 Å². The van der Waals surface area contributed by atoms with Gasteiger partial charge in [0, 0.05) is 18.9 Å². The summed E-state index contributed by atoms with van der Waals surface area (Å²) in [6.45, 7) is 6.14. The minimum atomic E-state index is -0.860. The summed E-state index contributed by atoms with van der Waals surface area (Å²) in [4.78, 5) is 25.8. The van der Waals surface area contributed by atoms with Gasteiger partial charge in [-0.1, -0.05) is 37.3 Å². The van der Waals surface area contributed by atoms with Crippen molar-refractivity contribution in [2.75, 3.05) is 6.54 Å². The van der Waals surface area contributed by atoms with Crippen LogP contribution >= 0.6 is 0 Å². The Balaban J connectivity index is 2.10. The van der Waals surface area contributed by atoms with E-state index in [0.717, 1.165) is 22.3 Å². The first-order valence-electron chi connectivity index (χ1n) is 11.0. The SMILES string of the molecule is Cc1cc(O)cc(C)c1C[C@H](NC(=O)[C@H](C)CCCNC(=N)N)C(=O)OCc1ccccc1. The molecule has 6 N–H and O–H groups in total. The van der Waals surface area contributed by atoms with Crippen molar-refractivity contribution in [3.8, 4) is 5.75 Å². The minimum absolute atomic E-state index is 0.104. The lowest BCUT2D eigenvalue weighted by atomic mass is 9.95. The van der Waals surface area contributed by atoms with E-state index in [1.807, 2.05) is 44.2 Å².